The predicted molar refractivity (Wildman–Crippen MR) is 185 cm³/mol. The van der Waals surface area contributed by atoms with Crippen molar-refractivity contribution in [2.75, 3.05) is 11.5 Å². The van der Waals surface area contributed by atoms with Crippen LogP contribution in [0, 0.1) is 20.8 Å². The van der Waals surface area contributed by atoms with Crippen LogP contribution in [0.2, 0.25) is 0 Å². The van der Waals surface area contributed by atoms with Crippen LogP contribution >= 0.6 is 0 Å². The monoisotopic (exact) mass is 715 g/mol. The minimum atomic E-state index is -5.01. The van der Waals surface area contributed by atoms with Crippen LogP contribution in [0.25, 0.3) is 11.1 Å². The van der Waals surface area contributed by atoms with Gasteiger partial charge in [-0.3, -0.25) is 4.79 Å². The van der Waals surface area contributed by atoms with Crippen molar-refractivity contribution in [2.45, 2.75) is 98.6 Å². The quantitative estimate of drug-likeness (QED) is 0.110. The molecule has 0 saturated heterocycles. The van der Waals surface area contributed by atoms with Gasteiger partial charge in [-0.25, -0.2) is 9.97 Å². The smallest absolute Gasteiger partial charge is 0.416 e. The summed E-state index contributed by atoms with van der Waals surface area (Å²) in [5.74, 6) is -0.219. The number of alkyl halides is 6. The van der Waals surface area contributed by atoms with Gasteiger partial charge in [0, 0.05) is 19.5 Å². The Kier molecular flexibility index (Phi) is 12.1. The van der Waals surface area contributed by atoms with Crippen LogP contribution in [0.4, 0.5) is 32.3 Å². The molecule has 274 valence electrons. The molecule has 4 aromatic rings. The molecule has 0 aliphatic carbocycles. The van der Waals surface area contributed by atoms with Gasteiger partial charge in [0.1, 0.15) is 0 Å². The number of halogens is 6. The lowest BCUT2D eigenvalue weighted by Gasteiger charge is -2.27. The molecule has 0 aliphatic rings. The first-order chi connectivity index (χ1) is 23.7. The van der Waals surface area contributed by atoms with Crippen LogP contribution in [0.1, 0.15) is 102 Å². The van der Waals surface area contributed by atoms with E-state index in [0.717, 1.165) is 38.9 Å². The van der Waals surface area contributed by atoms with E-state index in [1.165, 1.54) is 18.0 Å². The highest BCUT2D eigenvalue weighted by Gasteiger charge is 2.37. The number of carboxylic acids is 1. The summed E-state index contributed by atoms with van der Waals surface area (Å²) in [6.07, 6.45) is -7.19. The summed E-state index contributed by atoms with van der Waals surface area (Å²) in [6, 6.07) is 9.97. The second-order valence-corrected chi connectivity index (χ2v) is 13.5. The van der Waals surface area contributed by atoms with Crippen molar-refractivity contribution in [2.24, 2.45) is 0 Å². The van der Waals surface area contributed by atoms with Crippen molar-refractivity contribution < 1.29 is 41.0 Å². The van der Waals surface area contributed by atoms with Crippen molar-refractivity contribution in [3.63, 3.8) is 0 Å². The van der Waals surface area contributed by atoms with Crippen molar-refractivity contribution in [3.8, 4) is 16.9 Å². The van der Waals surface area contributed by atoms with Crippen LogP contribution in [-0.2, 0) is 30.2 Å². The van der Waals surface area contributed by atoms with Crippen LogP contribution in [0.3, 0.4) is 0 Å². The summed E-state index contributed by atoms with van der Waals surface area (Å²) in [4.78, 5) is 21.2. The first kappa shape index (κ1) is 39.2. The summed E-state index contributed by atoms with van der Waals surface area (Å²) in [5, 5.41) is 8.88. The molecule has 0 amide bonds. The third-order valence-corrected chi connectivity index (χ3v) is 8.85. The van der Waals surface area contributed by atoms with E-state index in [2.05, 4.69) is 62.8 Å². The van der Waals surface area contributed by atoms with Gasteiger partial charge < -0.3 is 14.7 Å². The van der Waals surface area contributed by atoms with Crippen molar-refractivity contribution in [1.82, 2.24) is 9.97 Å². The zero-order valence-corrected chi connectivity index (χ0v) is 29.8. The highest BCUT2D eigenvalue weighted by Crippen LogP contribution is 2.39. The topological polar surface area (TPSA) is 75.6 Å². The van der Waals surface area contributed by atoms with E-state index < -0.39 is 29.4 Å². The number of anilines is 1. The summed E-state index contributed by atoms with van der Waals surface area (Å²) >= 11 is 0. The molecule has 0 radical (unpaired) electrons. The van der Waals surface area contributed by atoms with E-state index in [9.17, 15) is 31.1 Å². The number of hydrogen-bond donors (Lipinski definition) is 1. The Morgan fingerprint density at radius 3 is 1.90 bits per heavy atom. The standard InChI is InChI=1S/C39H43F6N3O3/c1-22(2)28-15-33(23(3)4)26(7)34(16-28)35-12-25(6)24(5)11-29(35)21-48(37-46-18-32(19-47-37)51-10-8-9-36(49)50)20-27-13-30(38(40,41)42)17-31(14-27)39(43,44)45/h11-19,22-23H,8-10,20-21H2,1-7H3,(H,49,50). The van der Waals surface area contributed by atoms with Crippen molar-refractivity contribution >= 4 is 11.9 Å². The van der Waals surface area contributed by atoms with Crippen LogP contribution < -0.4 is 9.64 Å². The molecule has 51 heavy (non-hydrogen) atoms. The Morgan fingerprint density at radius 2 is 1.37 bits per heavy atom. The molecule has 3 aromatic carbocycles. The maximum absolute atomic E-state index is 13.8. The lowest BCUT2D eigenvalue weighted by atomic mass is 9.84. The largest absolute Gasteiger partial charge is 0.490 e. The number of carbonyl (C=O) groups is 1. The van der Waals surface area contributed by atoms with Gasteiger partial charge >= 0.3 is 18.3 Å². The van der Waals surface area contributed by atoms with Gasteiger partial charge in [0.15, 0.2) is 5.75 Å². The first-order valence-corrected chi connectivity index (χ1v) is 16.7. The van der Waals surface area contributed by atoms with E-state index in [1.807, 2.05) is 19.9 Å². The molecule has 0 aliphatic heterocycles. The number of hydrogen-bond acceptors (Lipinski definition) is 5. The van der Waals surface area contributed by atoms with E-state index in [1.54, 1.807) is 4.90 Å². The van der Waals surface area contributed by atoms with Crippen LogP contribution in [0.5, 0.6) is 5.75 Å². The number of nitrogens with zero attached hydrogens (tertiary/aromatic N) is 3. The minimum Gasteiger partial charge on any atom is -0.490 e. The van der Waals surface area contributed by atoms with Crippen molar-refractivity contribution in [3.05, 3.63) is 105 Å². The van der Waals surface area contributed by atoms with E-state index in [4.69, 9.17) is 9.84 Å². The molecule has 0 unspecified atom stereocenters. The maximum Gasteiger partial charge on any atom is 0.416 e. The zero-order chi connectivity index (χ0) is 37.8. The van der Waals surface area contributed by atoms with E-state index >= 15 is 0 Å². The van der Waals surface area contributed by atoms with Crippen LogP contribution in [-0.4, -0.2) is 27.7 Å². The fourth-order valence-corrected chi connectivity index (χ4v) is 5.92. The first-order valence-electron chi connectivity index (χ1n) is 16.7. The molecule has 0 fully saturated rings. The Labute approximate surface area is 294 Å². The number of carboxylic acid groups (broad SMARTS) is 1. The van der Waals surface area contributed by atoms with Crippen LogP contribution in [0.15, 0.2) is 54.9 Å². The molecule has 0 bridgehead atoms. The lowest BCUT2D eigenvalue weighted by Crippen LogP contribution is -2.25. The summed E-state index contributed by atoms with van der Waals surface area (Å²) in [7, 11) is 0. The normalized spacial score (nSPS) is 12.1. The Bertz CT molecular complexity index is 1820. The fourth-order valence-electron chi connectivity index (χ4n) is 5.92. The molecule has 1 aromatic heterocycles. The minimum absolute atomic E-state index is 0.0508. The SMILES string of the molecule is Cc1cc(CN(Cc2cc(C(F)(F)F)cc(C(F)(F)F)c2)c2ncc(OCCCC(=O)O)cn2)c(-c2cc(C(C)C)cc(C(C)C)c2C)cc1C. The average molecular weight is 716 g/mol. The molecule has 0 saturated carbocycles. The number of aryl methyl sites for hydroxylation is 2. The third-order valence-electron chi connectivity index (χ3n) is 8.85. The molecule has 12 heteroatoms. The third kappa shape index (κ3) is 10.0. The molecule has 1 heterocycles. The molecular formula is C39H43F6N3O3. The van der Waals surface area contributed by atoms with Crippen molar-refractivity contribution in [1.29, 1.82) is 0 Å². The van der Waals surface area contributed by atoms with E-state index in [-0.39, 0.29) is 67.7 Å². The second kappa shape index (κ2) is 15.7. The number of rotatable bonds is 13. The second-order valence-electron chi connectivity index (χ2n) is 13.5. The fraction of sp³-hybridized carbons (Fsp3) is 0.410. The molecule has 4 rings (SSSR count). The lowest BCUT2D eigenvalue weighted by molar-refractivity contribution is -0.143. The highest BCUT2D eigenvalue weighted by atomic mass is 19.4. The zero-order valence-electron chi connectivity index (χ0n) is 29.8. The van der Waals surface area contributed by atoms with Gasteiger partial charge in [0.05, 0.1) is 30.1 Å². The Balaban J connectivity index is 1.87. The number of aromatic nitrogens is 2. The molecule has 0 spiro atoms. The van der Waals surface area contributed by atoms with Gasteiger partial charge in [0.25, 0.3) is 0 Å². The Morgan fingerprint density at radius 1 is 0.784 bits per heavy atom. The number of aliphatic carboxylic acids is 1. The number of ether oxygens (including phenoxy) is 1. The summed E-state index contributed by atoms with van der Waals surface area (Å²) < 4.78 is 88.6. The summed E-state index contributed by atoms with van der Waals surface area (Å²) in [6.45, 7) is 14.2. The molecule has 1 N–H and O–H groups in total. The molecule has 6 nitrogen and oxygen atoms in total. The molecular weight excluding hydrogens is 672 g/mol. The van der Waals surface area contributed by atoms with Gasteiger partial charge in [-0.2, -0.15) is 26.3 Å². The average Bonchev–Trinajstić information content (AvgIpc) is 3.03. The Hall–Kier alpha value is -4.61. The maximum atomic E-state index is 13.8. The predicted octanol–water partition coefficient (Wildman–Crippen LogP) is 10.8. The van der Waals surface area contributed by atoms with Gasteiger partial charge in [-0.1, -0.05) is 52.0 Å². The number of benzene rings is 3. The van der Waals surface area contributed by atoms with Gasteiger partial charge in [-0.15, -0.1) is 0 Å². The highest BCUT2D eigenvalue weighted by molar-refractivity contribution is 5.74. The van der Waals surface area contributed by atoms with E-state index in [0.29, 0.717) is 12.1 Å². The summed E-state index contributed by atoms with van der Waals surface area (Å²) in [5.41, 5.74) is 5.02. The van der Waals surface area contributed by atoms with Gasteiger partial charge in [0.2, 0.25) is 5.95 Å². The molecule has 0 atom stereocenters. The van der Waals surface area contributed by atoms with Gasteiger partial charge in [-0.05, 0) is 107 Å².